The predicted octanol–water partition coefficient (Wildman–Crippen LogP) is 0.831. The van der Waals surface area contributed by atoms with Gasteiger partial charge in [0.25, 0.3) is 0 Å². The summed E-state index contributed by atoms with van der Waals surface area (Å²) in [5.74, 6) is 0.781. The smallest absolute Gasteiger partial charge is 0.178 e. The molecule has 0 saturated carbocycles. The van der Waals surface area contributed by atoms with Crippen LogP contribution in [0, 0.1) is 6.92 Å². The number of rotatable bonds is 1. The Morgan fingerprint density at radius 2 is 2.24 bits per heavy atom. The maximum Gasteiger partial charge on any atom is 0.178 e. The normalized spacial score (nSPS) is 14.7. The molecule has 0 bridgehead atoms. The van der Waals surface area contributed by atoms with Crippen LogP contribution in [-0.4, -0.2) is 26.1 Å². The van der Waals surface area contributed by atoms with Gasteiger partial charge in [0.15, 0.2) is 5.82 Å². The highest BCUT2D eigenvalue weighted by Gasteiger charge is 2.16. The van der Waals surface area contributed by atoms with Gasteiger partial charge in [-0.25, -0.2) is 15.0 Å². The summed E-state index contributed by atoms with van der Waals surface area (Å²) in [5, 5.41) is 3.35. The van der Waals surface area contributed by atoms with E-state index >= 15 is 0 Å². The van der Waals surface area contributed by atoms with Crippen molar-refractivity contribution >= 4 is 0 Å². The van der Waals surface area contributed by atoms with Crippen LogP contribution in [-0.2, 0) is 20.0 Å². The molecule has 17 heavy (non-hydrogen) atoms. The molecule has 2 aromatic heterocycles. The number of aromatic nitrogens is 4. The molecular formula is C12H15N5. The van der Waals surface area contributed by atoms with Gasteiger partial charge < -0.3 is 9.88 Å². The van der Waals surface area contributed by atoms with E-state index in [2.05, 4.69) is 20.3 Å². The lowest BCUT2D eigenvalue weighted by Crippen LogP contribution is -2.26. The first-order valence-corrected chi connectivity index (χ1v) is 5.79. The van der Waals surface area contributed by atoms with Gasteiger partial charge in [0, 0.05) is 37.8 Å². The van der Waals surface area contributed by atoms with Gasteiger partial charge in [-0.1, -0.05) is 0 Å². The SMILES string of the molecule is Cc1nc(-c2cncn2C)nc2c1CNCC2. The van der Waals surface area contributed by atoms with E-state index in [1.165, 1.54) is 11.3 Å². The lowest BCUT2D eigenvalue weighted by Gasteiger charge is -2.18. The maximum atomic E-state index is 4.67. The van der Waals surface area contributed by atoms with Gasteiger partial charge in [-0.3, -0.25) is 0 Å². The Morgan fingerprint density at radius 3 is 3.00 bits per heavy atom. The van der Waals surface area contributed by atoms with E-state index in [1.54, 1.807) is 6.33 Å². The zero-order valence-corrected chi connectivity index (χ0v) is 10.1. The van der Waals surface area contributed by atoms with Gasteiger partial charge in [-0.15, -0.1) is 0 Å². The molecule has 0 atom stereocenters. The summed E-state index contributed by atoms with van der Waals surface area (Å²) < 4.78 is 1.95. The zero-order chi connectivity index (χ0) is 11.8. The minimum atomic E-state index is 0.781. The molecule has 0 unspecified atom stereocenters. The van der Waals surface area contributed by atoms with Gasteiger partial charge in [-0.2, -0.15) is 0 Å². The van der Waals surface area contributed by atoms with Crippen molar-refractivity contribution in [3.8, 4) is 11.5 Å². The fourth-order valence-electron chi connectivity index (χ4n) is 2.20. The molecule has 2 aromatic rings. The van der Waals surface area contributed by atoms with E-state index in [1.807, 2.05) is 24.7 Å². The van der Waals surface area contributed by atoms with Gasteiger partial charge >= 0.3 is 0 Å². The van der Waals surface area contributed by atoms with Gasteiger partial charge in [0.05, 0.1) is 18.2 Å². The molecule has 0 aliphatic carbocycles. The topological polar surface area (TPSA) is 55.6 Å². The summed E-state index contributed by atoms with van der Waals surface area (Å²) >= 11 is 0. The van der Waals surface area contributed by atoms with Crippen molar-refractivity contribution in [3.63, 3.8) is 0 Å². The molecule has 0 spiro atoms. The molecular weight excluding hydrogens is 214 g/mol. The summed E-state index contributed by atoms with van der Waals surface area (Å²) in [6.07, 6.45) is 4.56. The highest BCUT2D eigenvalue weighted by molar-refractivity contribution is 5.50. The van der Waals surface area contributed by atoms with E-state index in [-0.39, 0.29) is 0 Å². The van der Waals surface area contributed by atoms with Crippen LogP contribution in [0.3, 0.4) is 0 Å². The van der Waals surface area contributed by atoms with Crippen LogP contribution >= 0.6 is 0 Å². The summed E-state index contributed by atoms with van der Waals surface area (Å²) in [4.78, 5) is 13.4. The largest absolute Gasteiger partial charge is 0.331 e. The summed E-state index contributed by atoms with van der Waals surface area (Å²) in [6.45, 7) is 3.93. The third-order valence-corrected chi connectivity index (χ3v) is 3.19. The molecule has 88 valence electrons. The first-order valence-electron chi connectivity index (χ1n) is 5.79. The minimum Gasteiger partial charge on any atom is -0.331 e. The summed E-state index contributed by atoms with van der Waals surface area (Å²) in [5.41, 5.74) is 4.46. The highest BCUT2D eigenvalue weighted by atomic mass is 15.1. The van der Waals surface area contributed by atoms with Crippen molar-refractivity contribution in [2.45, 2.75) is 19.9 Å². The third-order valence-electron chi connectivity index (χ3n) is 3.19. The van der Waals surface area contributed by atoms with E-state index in [9.17, 15) is 0 Å². The standard InChI is InChI=1S/C12H15N5/c1-8-9-5-13-4-3-10(9)16-12(15-8)11-6-14-7-17(11)2/h6-7,13H,3-5H2,1-2H3. The molecule has 5 nitrogen and oxygen atoms in total. The molecule has 3 heterocycles. The number of imidazole rings is 1. The molecule has 3 rings (SSSR count). The number of nitrogens with one attached hydrogen (secondary N) is 1. The monoisotopic (exact) mass is 229 g/mol. The van der Waals surface area contributed by atoms with Crippen LogP contribution in [0.5, 0.6) is 0 Å². The Hall–Kier alpha value is -1.75. The van der Waals surface area contributed by atoms with Crippen molar-refractivity contribution < 1.29 is 0 Å². The Bertz CT molecular complexity index is 558. The van der Waals surface area contributed by atoms with Crippen LogP contribution < -0.4 is 5.32 Å². The van der Waals surface area contributed by atoms with E-state index in [4.69, 9.17) is 0 Å². The molecule has 0 amide bonds. The zero-order valence-electron chi connectivity index (χ0n) is 10.1. The number of hydrogen-bond acceptors (Lipinski definition) is 4. The van der Waals surface area contributed by atoms with Crippen LogP contribution in [0.15, 0.2) is 12.5 Å². The van der Waals surface area contributed by atoms with Crippen molar-refractivity contribution in [1.29, 1.82) is 0 Å². The molecule has 0 fully saturated rings. The predicted molar refractivity (Wildman–Crippen MR) is 64.4 cm³/mol. The first kappa shape index (κ1) is 10.4. The number of hydrogen-bond donors (Lipinski definition) is 1. The molecule has 0 radical (unpaired) electrons. The van der Waals surface area contributed by atoms with Crippen molar-refractivity contribution in [2.75, 3.05) is 6.54 Å². The Kier molecular flexibility index (Phi) is 2.40. The van der Waals surface area contributed by atoms with Crippen LogP contribution in [0.2, 0.25) is 0 Å². The highest BCUT2D eigenvalue weighted by Crippen LogP contribution is 2.20. The minimum absolute atomic E-state index is 0.781. The molecule has 1 aliphatic heterocycles. The van der Waals surface area contributed by atoms with E-state index in [0.717, 1.165) is 36.7 Å². The molecule has 0 saturated heterocycles. The van der Waals surface area contributed by atoms with Crippen LogP contribution in [0.1, 0.15) is 17.0 Å². The Labute approximate surface area is 99.9 Å². The van der Waals surface area contributed by atoms with E-state index in [0.29, 0.717) is 0 Å². The summed E-state index contributed by atoms with van der Waals surface area (Å²) in [6, 6.07) is 0. The molecule has 1 aliphatic rings. The molecule has 1 N–H and O–H groups in total. The van der Waals surface area contributed by atoms with Gasteiger partial charge in [0.2, 0.25) is 0 Å². The molecule has 5 heteroatoms. The third kappa shape index (κ3) is 1.72. The lowest BCUT2D eigenvalue weighted by atomic mass is 10.1. The average Bonchev–Trinajstić information content (AvgIpc) is 2.75. The second kappa shape index (κ2) is 3.92. The number of nitrogens with zero attached hydrogens (tertiary/aromatic N) is 4. The first-order chi connectivity index (χ1) is 8.25. The average molecular weight is 229 g/mol. The van der Waals surface area contributed by atoms with Crippen LogP contribution in [0.25, 0.3) is 11.5 Å². The number of aryl methyl sites for hydroxylation is 2. The van der Waals surface area contributed by atoms with Gasteiger partial charge in [0.1, 0.15) is 5.69 Å². The number of fused-ring (bicyclic) bond motifs is 1. The second-order valence-electron chi connectivity index (χ2n) is 4.37. The lowest BCUT2D eigenvalue weighted by molar-refractivity contribution is 0.621. The van der Waals surface area contributed by atoms with Crippen molar-refractivity contribution in [1.82, 2.24) is 24.8 Å². The Balaban J connectivity index is 2.14. The maximum absolute atomic E-state index is 4.67. The second-order valence-corrected chi connectivity index (χ2v) is 4.37. The fraction of sp³-hybridized carbons (Fsp3) is 0.417. The molecule has 0 aromatic carbocycles. The Morgan fingerprint density at radius 1 is 1.35 bits per heavy atom. The van der Waals surface area contributed by atoms with Crippen molar-refractivity contribution in [2.24, 2.45) is 7.05 Å². The summed E-state index contributed by atoms with van der Waals surface area (Å²) in [7, 11) is 1.96. The van der Waals surface area contributed by atoms with E-state index < -0.39 is 0 Å². The van der Waals surface area contributed by atoms with Crippen LogP contribution in [0.4, 0.5) is 0 Å². The fourth-order valence-corrected chi connectivity index (χ4v) is 2.20. The van der Waals surface area contributed by atoms with Crippen molar-refractivity contribution in [3.05, 3.63) is 29.5 Å². The van der Waals surface area contributed by atoms with Gasteiger partial charge in [-0.05, 0) is 6.92 Å². The quantitative estimate of drug-likeness (QED) is 0.787.